The van der Waals surface area contributed by atoms with Gasteiger partial charge in [0.05, 0.1) is 11.2 Å². The van der Waals surface area contributed by atoms with Crippen molar-refractivity contribution >= 4 is 17.5 Å². The molecule has 1 fully saturated rings. The van der Waals surface area contributed by atoms with Crippen LogP contribution in [0.3, 0.4) is 0 Å². The fourth-order valence-corrected chi connectivity index (χ4v) is 2.34. The van der Waals surface area contributed by atoms with Crippen LogP contribution in [0.15, 0.2) is 18.2 Å². The molecule has 0 heterocycles. The molecule has 0 radical (unpaired) electrons. The summed E-state index contributed by atoms with van der Waals surface area (Å²) < 4.78 is 38.4. The van der Waals surface area contributed by atoms with Gasteiger partial charge in [0.25, 0.3) is 0 Å². The standard InChI is InChI=1S/C15H17F3N2O3/c1-9-10(15(16,17)18)4-2-5-11(9)20-13(22)12(21)19-8-14(23)6-3-7-14/h2,4-5,23H,3,6-8H2,1H3,(H,19,21)(H,20,22). The fraction of sp³-hybridized carbons (Fsp3) is 0.467. The minimum Gasteiger partial charge on any atom is -0.388 e. The molecule has 0 saturated heterocycles. The van der Waals surface area contributed by atoms with Gasteiger partial charge in [-0.25, -0.2) is 0 Å². The quantitative estimate of drug-likeness (QED) is 0.742. The van der Waals surface area contributed by atoms with Gasteiger partial charge in [-0.05, 0) is 43.9 Å². The highest BCUT2D eigenvalue weighted by atomic mass is 19.4. The van der Waals surface area contributed by atoms with Crippen molar-refractivity contribution in [3.8, 4) is 0 Å². The van der Waals surface area contributed by atoms with Gasteiger partial charge < -0.3 is 15.7 Å². The highest BCUT2D eigenvalue weighted by Gasteiger charge is 2.35. The Labute approximate surface area is 130 Å². The molecular weight excluding hydrogens is 313 g/mol. The molecule has 1 aliphatic rings. The summed E-state index contributed by atoms with van der Waals surface area (Å²) >= 11 is 0. The Balaban J connectivity index is 2.01. The predicted octanol–water partition coefficient (Wildman–Crippen LogP) is 1.98. The lowest BCUT2D eigenvalue weighted by Gasteiger charge is -2.36. The number of nitrogens with one attached hydrogen (secondary N) is 2. The van der Waals surface area contributed by atoms with E-state index in [0.717, 1.165) is 18.6 Å². The van der Waals surface area contributed by atoms with Crippen LogP contribution in [0.25, 0.3) is 0 Å². The van der Waals surface area contributed by atoms with Crippen LogP contribution in [0.5, 0.6) is 0 Å². The molecule has 0 unspecified atom stereocenters. The lowest BCUT2D eigenvalue weighted by atomic mass is 9.80. The molecule has 0 aromatic heterocycles. The number of aliphatic hydroxyl groups is 1. The van der Waals surface area contributed by atoms with Gasteiger partial charge in [0.2, 0.25) is 0 Å². The van der Waals surface area contributed by atoms with E-state index in [4.69, 9.17) is 0 Å². The normalized spacial score (nSPS) is 16.4. The maximum Gasteiger partial charge on any atom is 0.416 e. The van der Waals surface area contributed by atoms with Crippen molar-refractivity contribution < 1.29 is 27.9 Å². The number of amides is 2. The number of alkyl halides is 3. The molecule has 0 atom stereocenters. The van der Waals surface area contributed by atoms with Gasteiger partial charge in [0.1, 0.15) is 0 Å². The Kier molecular flexibility index (Phi) is 4.65. The average molecular weight is 330 g/mol. The molecule has 1 saturated carbocycles. The van der Waals surface area contributed by atoms with Gasteiger partial charge in [-0.15, -0.1) is 0 Å². The van der Waals surface area contributed by atoms with Gasteiger partial charge in [-0.3, -0.25) is 9.59 Å². The van der Waals surface area contributed by atoms with Crippen molar-refractivity contribution in [1.29, 1.82) is 0 Å². The van der Waals surface area contributed by atoms with Crippen LogP contribution in [0.2, 0.25) is 0 Å². The molecule has 0 aliphatic heterocycles. The number of carbonyl (C=O) groups excluding carboxylic acids is 2. The van der Waals surface area contributed by atoms with Crippen LogP contribution >= 0.6 is 0 Å². The fourth-order valence-electron chi connectivity index (χ4n) is 2.34. The van der Waals surface area contributed by atoms with E-state index in [-0.39, 0.29) is 17.8 Å². The van der Waals surface area contributed by atoms with E-state index in [1.54, 1.807) is 0 Å². The van der Waals surface area contributed by atoms with Crippen LogP contribution in [-0.4, -0.2) is 29.1 Å². The van der Waals surface area contributed by atoms with E-state index >= 15 is 0 Å². The molecule has 126 valence electrons. The first-order chi connectivity index (χ1) is 10.6. The van der Waals surface area contributed by atoms with Gasteiger partial charge in [0, 0.05) is 12.2 Å². The summed E-state index contributed by atoms with van der Waals surface area (Å²) in [4.78, 5) is 23.4. The van der Waals surface area contributed by atoms with Gasteiger partial charge >= 0.3 is 18.0 Å². The van der Waals surface area contributed by atoms with E-state index in [1.165, 1.54) is 13.0 Å². The SMILES string of the molecule is Cc1c(NC(=O)C(=O)NCC2(O)CCC2)cccc1C(F)(F)F. The van der Waals surface area contributed by atoms with E-state index in [2.05, 4.69) is 10.6 Å². The second kappa shape index (κ2) is 6.19. The largest absolute Gasteiger partial charge is 0.416 e. The summed E-state index contributed by atoms with van der Waals surface area (Å²) in [5.41, 5.74) is -2.11. The number of anilines is 1. The Morgan fingerprint density at radius 2 is 1.91 bits per heavy atom. The maximum atomic E-state index is 12.8. The van der Waals surface area contributed by atoms with Crippen molar-refractivity contribution in [2.45, 2.75) is 38.0 Å². The van der Waals surface area contributed by atoms with Crippen molar-refractivity contribution in [2.24, 2.45) is 0 Å². The average Bonchev–Trinajstić information content (AvgIpc) is 2.43. The summed E-state index contributed by atoms with van der Waals surface area (Å²) in [6.45, 7) is 1.16. The van der Waals surface area contributed by atoms with Crippen molar-refractivity contribution in [2.75, 3.05) is 11.9 Å². The van der Waals surface area contributed by atoms with E-state index < -0.39 is 29.2 Å². The zero-order chi connectivity index (χ0) is 17.3. The number of hydrogen-bond acceptors (Lipinski definition) is 3. The van der Waals surface area contributed by atoms with Crippen LogP contribution in [0.4, 0.5) is 18.9 Å². The van der Waals surface area contributed by atoms with Crippen LogP contribution < -0.4 is 10.6 Å². The summed E-state index contributed by atoms with van der Waals surface area (Å²) in [6, 6.07) is 3.34. The van der Waals surface area contributed by atoms with Gasteiger partial charge in [0.15, 0.2) is 0 Å². The third-order valence-electron chi connectivity index (χ3n) is 3.96. The van der Waals surface area contributed by atoms with E-state index in [1.807, 2.05) is 0 Å². The minimum absolute atomic E-state index is 0.0547. The first-order valence-electron chi connectivity index (χ1n) is 7.11. The third-order valence-corrected chi connectivity index (χ3v) is 3.96. The number of rotatable bonds is 3. The lowest BCUT2D eigenvalue weighted by Crippen LogP contribution is -2.49. The molecule has 1 aromatic carbocycles. The Hall–Kier alpha value is -2.09. The molecule has 1 aromatic rings. The van der Waals surface area contributed by atoms with Gasteiger partial charge in [-0.1, -0.05) is 6.07 Å². The molecule has 2 amide bonds. The van der Waals surface area contributed by atoms with Crippen LogP contribution in [0.1, 0.15) is 30.4 Å². The predicted molar refractivity (Wildman–Crippen MR) is 76.6 cm³/mol. The topological polar surface area (TPSA) is 78.4 Å². The highest BCUT2D eigenvalue weighted by Crippen LogP contribution is 2.34. The Bertz CT molecular complexity index is 625. The summed E-state index contributed by atoms with van der Waals surface area (Å²) in [5, 5.41) is 14.3. The van der Waals surface area contributed by atoms with Crippen LogP contribution in [-0.2, 0) is 15.8 Å². The summed E-state index contributed by atoms with van der Waals surface area (Å²) in [6.07, 6.45) is -2.61. The molecular formula is C15H17F3N2O3. The third kappa shape index (κ3) is 4.01. The zero-order valence-electron chi connectivity index (χ0n) is 12.5. The Morgan fingerprint density at radius 1 is 1.26 bits per heavy atom. The number of carbonyl (C=O) groups is 2. The molecule has 23 heavy (non-hydrogen) atoms. The molecule has 0 bridgehead atoms. The minimum atomic E-state index is -4.54. The molecule has 2 rings (SSSR count). The van der Waals surface area contributed by atoms with Gasteiger partial charge in [-0.2, -0.15) is 13.2 Å². The summed E-state index contributed by atoms with van der Waals surface area (Å²) in [5.74, 6) is -2.07. The molecule has 3 N–H and O–H groups in total. The molecule has 5 nitrogen and oxygen atoms in total. The Morgan fingerprint density at radius 3 is 2.43 bits per heavy atom. The van der Waals surface area contributed by atoms with Crippen molar-refractivity contribution in [3.63, 3.8) is 0 Å². The molecule has 8 heteroatoms. The monoisotopic (exact) mass is 330 g/mol. The number of halogens is 3. The van der Waals surface area contributed by atoms with E-state index in [0.29, 0.717) is 12.8 Å². The zero-order valence-corrected chi connectivity index (χ0v) is 12.5. The van der Waals surface area contributed by atoms with Crippen LogP contribution in [0, 0.1) is 6.92 Å². The molecule has 0 spiro atoms. The second-order valence-electron chi connectivity index (χ2n) is 5.69. The second-order valence-corrected chi connectivity index (χ2v) is 5.69. The smallest absolute Gasteiger partial charge is 0.388 e. The van der Waals surface area contributed by atoms with Crippen molar-refractivity contribution in [3.05, 3.63) is 29.3 Å². The lowest BCUT2D eigenvalue weighted by molar-refractivity contribution is -0.138. The highest BCUT2D eigenvalue weighted by molar-refractivity contribution is 6.39. The van der Waals surface area contributed by atoms with E-state index in [9.17, 15) is 27.9 Å². The maximum absolute atomic E-state index is 12.8. The first-order valence-corrected chi connectivity index (χ1v) is 7.11. The number of benzene rings is 1. The number of hydrogen-bond donors (Lipinski definition) is 3. The molecule has 1 aliphatic carbocycles. The summed E-state index contributed by atoms with van der Waals surface area (Å²) in [7, 11) is 0. The van der Waals surface area contributed by atoms with Crippen molar-refractivity contribution in [1.82, 2.24) is 5.32 Å². The first kappa shape index (κ1) is 17.3.